The van der Waals surface area contributed by atoms with E-state index in [1.165, 1.54) is 16.7 Å². The molecule has 7 heteroatoms. The first-order chi connectivity index (χ1) is 8.66. The SMILES string of the molecule is O=C(O)c1csc(CCNC(=O)C2CCCN2)n1. The predicted molar refractivity (Wildman–Crippen MR) is 66.8 cm³/mol. The molecule has 6 nitrogen and oxygen atoms in total. The molecule has 1 unspecified atom stereocenters. The minimum Gasteiger partial charge on any atom is -0.476 e. The van der Waals surface area contributed by atoms with Crippen molar-refractivity contribution in [2.24, 2.45) is 0 Å². The summed E-state index contributed by atoms with van der Waals surface area (Å²) in [6.45, 7) is 1.39. The van der Waals surface area contributed by atoms with Crippen molar-refractivity contribution < 1.29 is 14.7 Å². The van der Waals surface area contributed by atoms with Crippen molar-refractivity contribution in [3.63, 3.8) is 0 Å². The van der Waals surface area contributed by atoms with E-state index < -0.39 is 5.97 Å². The van der Waals surface area contributed by atoms with Crippen molar-refractivity contribution >= 4 is 23.2 Å². The molecule has 0 aliphatic carbocycles. The zero-order valence-corrected chi connectivity index (χ0v) is 10.6. The average Bonchev–Trinajstić information content (AvgIpc) is 3.00. The van der Waals surface area contributed by atoms with Crippen LogP contribution in [0.3, 0.4) is 0 Å². The summed E-state index contributed by atoms with van der Waals surface area (Å²) in [5.41, 5.74) is 0.0683. The first-order valence-electron chi connectivity index (χ1n) is 5.85. The van der Waals surface area contributed by atoms with Gasteiger partial charge in [0.1, 0.15) is 0 Å². The standard InChI is InChI=1S/C11H15N3O3S/c15-10(7-2-1-4-12-7)13-5-3-9-14-8(6-18-9)11(16)17/h6-7,12H,1-5H2,(H,13,15)(H,16,17). The molecule has 1 aromatic rings. The van der Waals surface area contributed by atoms with Gasteiger partial charge in [-0.2, -0.15) is 0 Å². The highest BCUT2D eigenvalue weighted by Crippen LogP contribution is 2.10. The van der Waals surface area contributed by atoms with E-state index in [9.17, 15) is 9.59 Å². The van der Waals surface area contributed by atoms with Crippen molar-refractivity contribution in [2.45, 2.75) is 25.3 Å². The summed E-state index contributed by atoms with van der Waals surface area (Å²) in [4.78, 5) is 26.3. The second-order valence-corrected chi connectivity index (χ2v) is 5.06. The highest BCUT2D eigenvalue weighted by atomic mass is 32.1. The molecule has 0 aromatic carbocycles. The maximum absolute atomic E-state index is 11.7. The lowest BCUT2D eigenvalue weighted by molar-refractivity contribution is -0.122. The van der Waals surface area contributed by atoms with Crippen LogP contribution in [0.25, 0.3) is 0 Å². The number of nitrogens with one attached hydrogen (secondary N) is 2. The summed E-state index contributed by atoms with van der Waals surface area (Å²) < 4.78 is 0. The monoisotopic (exact) mass is 269 g/mol. The number of hydrogen-bond donors (Lipinski definition) is 3. The molecule has 0 spiro atoms. The smallest absolute Gasteiger partial charge is 0.355 e. The maximum Gasteiger partial charge on any atom is 0.355 e. The summed E-state index contributed by atoms with van der Waals surface area (Å²) in [5, 5.41) is 16.9. The third kappa shape index (κ3) is 3.27. The lowest BCUT2D eigenvalue weighted by atomic mass is 10.2. The minimum atomic E-state index is -1.02. The van der Waals surface area contributed by atoms with Crippen LogP contribution < -0.4 is 10.6 Å². The zero-order chi connectivity index (χ0) is 13.0. The van der Waals surface area contributed by atoms with Crippen LogP contribution in [0.15, 0.2) is 5.38 Å². The van der Waals surface area contributed by atoms with E-state index in [1.54, 1.807) is 0 Å². The van der Waals surface area contributed by atoms with E-state index in [0.717, 1.165) is 24.4 Å². The van der Waals surface area contributed by atoms with Gasteiger partial charge in [0.05, 0.1) is 11.0 Å². The Morgan fingerprint density at radius 2 is 2.44 bits per heavy atom. The molecule has 98 valence electrons. The van der Waals surface area contributed by atoms with Gasteiger partial charge >= 0.3 is 5.97 Å². The molecule has 0 radical (unpaired) electrons. The number of carboxylic acids is 1. The second kappa shape index (κ2) is 5.92. The quantitative estimate of drug-likeness (QED) is 0.713. The Balaban J connectivity index is 1.74. The van der Waals surface area contributed by atoms with E-state index in [2.05, 4.69) is 15.6 Å². The number of carboxylic acid groups (broad SMARTS) is 1. The summed E-state index contributed by atoms with van der Waals surface area (Å²) in [7, 11) is 0. The molecule has 0 bridgehead atoms. The molecule has 1 atom stereocenters. The van der Waals surface area contributed by atoms with E-state index in [-0.39, 0.29) is 17.6 Å². The third-order valence-corrected chi connectivity index (χ3v) is 3.69. The number of aromatic carboxylic acids is 1. The van der Waals surface area contributed by atoms with Crippen LogP contribution in [0.1, 0.15) is 28.3 Å². The number of carbonyl (C=O) groups excluding carboxylic acids is 1. The fraction of sp³-hybridized carbons (Fsp3) is 0.545. The molecule has 3 N–H and O–H groups in total. The Morgan fingerprint density at radius 3 is 3.06 bits per heavy atom. The van der Waals surface area contributed by atoms with Gasteiger partial charge in [-0.25, -0.2) is 9.78 Å². The molecule has 1 aliphatic heterocycles. The van der Waals surface area contributed by atoms with Crippen molar-refractivity contribution in [1.82, 2.24) is 15.6 Å². The van der Waals surface area contributed by atoms with E-state index in [4.69, 9.17) is 5.11 Å². The first-order valence-corrected chi connectivity index (χ1v) is 6.73. The number of hydrogen-bond acceptors (Lipinski definition) is 5. The maximum atomic E-state index is 11.7. The third-order valence-electron chi connectivity index (χ3n) is 2.79. The Bertz CT molecular complexity index is 440. The van der Waals surface area contributed by atoms with Crippen LogP contribution >= 0.6 is 11.3 Å². The minimum absolute atomic E-state index is 0.0162. The molecule has 1 amide bonds. The van der Waals surface area contributed by atoms with E-state index in [0.29, 0.717) is 13.0 Å². The topological polar surface area (TPSA) is 91.3 Å². The number of amides is 1. The number of nitrogens with zero attached hydrogens (tertiary/aromatic N) is 1. The van der Waals surface area contributed by atoms with Gasteiger partial charge in [-0.15, -0.1) is 11.3 Å². The molecule has 0 saturated carbocycles. The Hall–Kier alpha value is -1.47. The van der Waals surface area contributed by atoms with Crippen LogP contribution in [-0.4, -0.2) is 41.1 Å². The summed E-state index contributed by atoms with van der Waals surface area (Å²) >= 11 is 1.30. The molecule has 1 aromatic heterocycles. The predicted octanol–water partition coefficient (Wildman–Crippen LogP) is 0.252. The molecule has 1 fully saturated rings. The molecule has 2 rings (SSSR count). The Morgan fingerprint density at radius 1 is 1.61 bits per heavy atom. The van der Waals surface area contributed by atoms with Gasteiger partial charge in [0.2, 0.25) is 5.91 Å². The molecular weight excluding hydrogens is 254 g/mol. The van der Waals surface area contributed by atoms with Crippen molar-refractivity contribution in [2.75, 3.05) is 13.1 Å². The van der Waals surface area contributed by atoms with Crippen molar-refractivity contribution in [3.8, 4) is 0 Å². The van der Waals surface area contributed by atoms with Crippen LogP contribution in [0.5, 0.6) is 0 Å². The number of rotatable bonds is 5. The van der Waals surface area contributed by atoms with Gasteiger partial charge in [0.15, 0.2) is 5.69 Å². The van der Waals surface area contributed by atoms with Crippen LogP contribution in [0, 0.1) is 0 Å². The number of aromatic nitrogens is 1. The molecular formula is C11H15N3O3S. The molecule has 1 aliphatic rings. The van der Waals surface area contributed by atoms with Crippen LogP contribution in [0.4, 0.5) is 0 Å². The lowest BCUT2D eigenvalue weighted by Crippen LogP contribution is -2.41. The highest BCUT2D eigenvalue weighted by Gasteiger charge is 2.21. The van der Waals surface area contributed by atoms with Gasteiger partial charge in [0, 0.05) is 18.3 Å². The lowest BCUT2D eigenvalue weighted by Gasteiger charge is -2.09. The van der Waals surface area contributed by atoms with Crippen molar-refractivity contribution in [3.05, 3.63) is 16.1 Å². The Kier molecular flexibility index (Phi) is 4.27. The normalized spacial score (nSPS) is 18.8. The van der Waals surface area contributed by atoms with Gasteiger partial charge in [0.25, 0.3) is 0 Å². The molecule has 1 saturated heterocycles. The first kappa shape index (κ1) is 13.0. The van der Waals surface area contributed by atoms with Crippen molar-refractivity contribution in [1.29, 1.82) is 0 Å². The largest absolute Gasteiger partial charge is 0.476 e. The van der Waals surface area contributed by atoms with Gasteiger partial charge in [-0.1, -0.05) is 0 Å². The van der Waals surface area contributed by atoms with Gasteiger partial charge < -0.3 is 15.7 Å². The molecule has 18 heavy (non-hydrogen) atoms. The summed E-state index contributed by atoms with van der Waals surface area (Å²) in [5.74, 6) is -1.00. The average molecular weight is 269 g/mol. The Labute approximate surface area is 108 Å². The van der Waals surface area contributed by atoms with Crippen LogP contribution in [-0.2, 0) is 11.2 Å². The van der Waals surface area contributed by atoms with Crippen LogP contribution in [0.2, 0.25) is 0 Å². The fourth-order valence-corrected chi connectivity index (χ4v) is 2.62. The summed E-state index contributed by atoms with van der Waals surface area (Å²) in [6, 6.07) is -0.0733. The number of carbonyl (C=O) groups is 2. The second-order valence-electron chi connectivity index (χ2n) is 4.12. The highest BCUT2D eigenvalue weighted by molar-refractivity contribution is 7.09. The fourth-order valence-electron chi connectivity index (χ4n) is 1.85. The number of thiazole rings is 1. The van der Waals surface area contributed by atoms with Gasteiger partial charge in [-0.3, -0.25) is 4.79 Å². The molecule has 2 heterocycles. The zero-order valence-electron chi connectivity index (χ0n) is 9.81. The summed E-state index contributed by atoms with van der Waals surface area (Å²) in [6.07, 6.45) is 2.48. The van der Waals surface area contributed by atoms with E-state index >= 15 is 0 Å². The van der Waals surface area contributed by atoms with E-state index in [1.807, 2.05) is 0 Å². The van der Waals surface area contributed by atoms with Gasteiger partial charge in [-0.05, 0) is 19.4 Å².